The molecule has 0 bridgehead atoms. The lowest BCUT2D eigenvalue weighted by Crippen LogP contribution is -2.30. The van der Waals surface area contributed by atoms with Crippen molar-refractivity contribution in [2.45, 2.75) is 19.1 Å². The molecule has 162 valence electrons. The van der Waals surface area contributed by atoms with Crippen LogP contribution in [0.1, 0.15) is 32.9 Å². The van der Waals surface area contributed by atoms with Gasteiger partial charge in [0.25, 0.3) is 11.8 Å². The maximum absolute atomic E-state index is 12.5. The number of rotatable bonds is 6. The number of nitrogens with zero attached hydrogens (tertiary/aromatic N) is 3. The number of hydrogen-bond acceptors (Lipinski definition) is 5. The molecule has 2 amide bonds. The van der Waals surface area contributed by atoms with Crippen LogP contribution in [-0.4, -0.2) is 45.3 Å². The molecule has 1 atom stereocenters. The Kier molecular flexibility index (Phi) is 5.33. The van der Waals surface area contributed by atoms with Gasteiger partial charge in [0, 0.05) is 43.7 Å². The van der Waals surface area contributed by atoms with Crippen molar-refractivity contribution in [3.05, 3.63) is 90.3 Å². The van der Waals surface area contributed by atoms with Crippen molar-refractivity contribution in [3.8, 4) is 5.75 Å². The Morgan fingerprint density at radius 2 is 2.03 bits per heavy atom. The third-order valence-electron chi connectivity index (χ3n) is 5.50. The van der Waals surface area contributed by atoms with Gasteiger partial charge in [-0.05, 0) is 54.1 Å². The lowest BCUT2D eigenvalue weighted by molar-refractivity contribution is 0.0740. The Balaban J connectivity index is 1.13. The largest absolute Gasteiger partial charge is 0.489 e. The number of furan rings is 1. The van der Waals surface area contributed by atoms with Crippen LogP contribution in [0.2, 0.25) is 0 Å². The van der Waals surface area contributed by atoms with E-state index in [0.717, 1.165) is 17.6 Å². The Hall–Kier alpha value is -4.07. The first-order valence-electron chi connectivity index (χ1n) is 10.4. The molecule has 1 N–H and O–H groups in total. The molecular formula is C24H22N4O4. The predicted molar refractivity (Wildman–Crippen MR) is 116 cm³/mol. The molecule has 3 aromatic heterocycles. The fourth-order valence-electron chi connectivity index (χ4n) is 3.79. The van der Waals surface area contributed by atoms with Gasteiger partial charge in [0.05, 0.1) is 12.8 Å². The number of likely N-dealkylation sites (tertiary alicyclic amines) is 1. The van der Waals surface area contributed by atoms with E-state index in [9.17, 15) is 9.59 Å². The molecule has 1 aliphatic heterocycles. The normalized spacial score (nSPS) is 15.8. The zero-order valence-electron chi connectivity index (χ0n) is 17.3. The van der Waals surface area contributed by atoms with E-state index >= 15 is 0 Å². The summed E-state index contributed by atoms with van der Waals surface area (Å²) < 4.78 is 13.1. The van der Waals surface area contributed by atoms with Crippen LogP contribution in [-0.2, 0) is 6.54 Å². The highest BCUT2D eigenvalue weighted by molar-refractivity contribution is 5.94. The molecule has 1 aliphatic rings. The molecule has 1 aromatic carbocycles. The molecule has 8 heteroatoms. The fourth-order valence-corrected chi connectivity index (χ4v) is 3.79. The predicted octanol–water partition coefficient (Wildman–Crippen LogP) is 3.15. The number of benzene rings is 1. The van der Waals surface area contributed by atoms with Gasteiger partial charge in [-0.2, -0.15) is 0 Å². The van der Waals surface area contributed by atoms with Gasteiger partial charge < -0.3 is 23.8 Å². The second-order valence-corrected chi connectivity index (χ2v) is 7.69. The van der Waals surface area contributed by atoms with E-state index in [-0.39, 0.29) is 17.9 Å². The van der Waals surface area contributed by atoms with Gasteiger partial charge in [-0.15, -0.1) is 0 Å². The number of amides is 2. The molecule has 4 aromatic rings. The molecule has 0 aliphatic carbocycles. The van der Waals surface area contributed by atoms with Gasteiger partial charge in [-0.25, -0.2) is 4.98 Å². The molecule has 5 rings (SSSR count). The summed E-state index contributed by atoms with van der Waals surface area (Å²) in [4.78, 5) is 30.8. The fraction of sp³-hybridized carbons (Fsp3) is 0.208. The van der Waals surface area contributed by atoms with Crippen molar-refractivity contribution >= 4 is 17.5 Å². The lowest BCUT2D eigenvalue weighted by atomic mass is 10.2. The maximum Gasteiger partial charge on any atom is 0.289 e. The molecular weight excluding hydrogens is 408 g/mol. The number of pyridine rings is 1. The number of aromatic nitrogens is 2. The summed E-state index contributed by atoms with van der Waals surface area (Å²) in [5.74, 6) is 0.727. The zero-order valence-corrected chi connectivity index (χ0v) is 17.3. The number of fused-ring (bicyclic) bond motifs is 1. The monoisotopic (exact) mass is 430 g/mol. The van der Waals surface area contributed by atoms with Crippen molar-refractivity contribution in [1.82, 2.24) is 19.6 Å². The van der Waals surface area contributed by atoms with Gasteiger partial charge in [0.1, 0.15) is 17.5 Å². The van der Waals surface area contributed by atoms with Crippen molar-refractivity contribution in [2.75, 3.05) is 13.1 Å². The second kappa shape index (κ2) is 8.58. The molecule has 0 spiro atoms. The number of carbonyl (C=O) groups excluding carboxylic acids is 2. The lowest BCUT2D eigenvalue weighted by Gasteiger charge is -2.16. The summed E-state index contributed by atoms with van der Waals surface area (Å²) in [5.41, 5.74) is 2.38. The number of imidazole rings is 1. The SMILES string of the molecule is O=C(NCc1ccn2ccnc2c1)c1ccc(O[C@H]2CCN(C(=O)c3ccco3)C2)cc1. The maximum atomic E-state index is 12.5. The van der Waals surface area contributed by atoms with E-state index in [4.69, 9.17) is 9.15 Å². The first-order valence-corrected chi connectivity index (χ1v) is 10.4. The number of ether oxygens (including phenoxy) is 1. The number of carbonyl (C=O) groups is 2. The van der Waals surface area contributed by atoms with Crippen LogP contribution < -0.4 is 10.1 Å². The van der Waals surface area contributed by atoms with Crippen LogP contribution >= 0.6 is 0 Å². The van der Waals surface area contributed by atoms with Gasteiger partial charge in [-0.1, -0.05) is 0 Å². The standard InChI is InChI=1S/C24H22N4O4/c29-23(26-15-17-7-10-27-12-9-25-22(27)14-17)18-3-5-19(6-4-18)32-20-8-11-28(16-20)24(30)21-2-1-13-31-21/h1-7,9-10,12-14,20H,8,11,15-16H2,(H,26,29)/t20-/m0/s1. The molecule has 4 heterocycles. The minimum absolute atomic E-state index is 0.0915. The average molecular weight is 430 g/mol. The van der Waals surface area contributed by atoms with Crippen LogP contribution in [0.25, 0.3) is 5.65 Å². The van der Waals surface area contributed by atoms with E-state index in [1.54, 1.807) is 47.5 Å². The number of hydrogen-bond donors (Lipinski definition) is 1. The third-order valence-corrected chi connectivity index (χ3v) is 5.50. The molecule has 0 unspecified atom stereocenters. The Bertz CT molecular complexity index is 1230. The van der Waals surface area contributed by atoms with Crippen molar-refractivity contribution in [3.63, 3.8) is 0 Å². The second-order valence-electron chi connectivity index (χ2n) is 7.69. The van der Waals surface area contributed by atoms with Crippen LogP contribution in [0.4, 0.5) is 0 Å². The molecule has 0 saturated carbocycles. The smallest absolute Gasteiger partial charge is 0.289 e. The Labute approximate surface area is 184 Å². The highest BCUT2D eigenvalue weighted by Gasteiger charge is 2.29. The van der Waals surface area contributed by atoms with E-state index in [1.807, 2.05) is 28.9 Å². The topological polar surface area (TPSA) is 89.1 Å². The quantitative estimate of drug-likeness (QED) is 0.508. The molecule has 1 fully saturated rings. The Morgan fingerprint density at radius 3 is 2.84 bits per heavy atom. The number of nitrogens with one attached hydrogen (secondary N) is 1. The summed E-state index contributed by atoms with van der Waals surface area (Å²) in [6.07, 6.45) is 7.68. The summed E-state index contributed by atoms with van der Waals surface area (Å²) in [5, 5.41) is 2.93. The highest BCUT2D eigenvalue weighted by atomic mass is 16.5. The zero-order chi connectivity index (χ0) is 21.9. The first-order chi connectivity index (χ1) is 15.7. The van der Waals surface area contributed by atoms with Crippen LogP contribution in [0.15, 0.2) is 77.8 Å². The summed E-state index contributed by atoms with van der Waals surface area (Å²) in [6.45, 7) is 1.54. The van der Waals surface area contributed by atoms with Gasteiger partial charge >= 0.3 is 0 Å². The summed E-state index contributed by atoms with van der Waals surface area (Å²) in [6, 6.07) is 14.3. The van der Waals surface area contributed by atoms with E-state index in [1.165, 1.54) is 6.26 Å². The highest BCUT2D eigenvalue weighted by Crippen LogP contribution is 2.21. The molecule has 1 saturated heterocycles. The van der Waals surface area contributed by atoms with Crippen molar-refractivity contribution in [1.29, 1.82) is 0 Å². The first kappa shape index (κ1) is 19.9. The van der Waals surface area contributed by atoms with Crippen LogP contribution in [0.5, 0.6) is 5.75 Å². The summed E-state index contributed by atoms with van der Waals surface area (Å²) >= 11 is 0. The van der Waals surface area contributed by atoms with Crippen LogP contribution in [0.3, 0.4) is 0 Å². The minimum atomic E-state index is -0.157. The van der Waals surface area contributed by atoms with Gasteiger partial charge in [-0.3, -0.25) is 9.59 Å². The van der Waals surface area contributed by atoms with Crippen LogP contribution in [0, 0.1) is 0 Å². The third kappa shape index (κ3) is 4.20. The van der Waals surface area contributed by atoms with E-state index in [2.05, 4.69) is 10.3 Å². The van der Waals surface area contributed by atoms with E-state index in [0.29, 0.717) is 36.7 Å². The average Bonchev–Trinajstić information content (AvgIpc) is 3.59. The van der Waals surface area contributed by atoms with Gasteiger partial charge in [0.15, 0.2) is 5.76 Å². The van der Waals surface area contributed by atoms with Crippen molar-refractivity contribution in [2.24, 2.45) is 0 Å². The summed E-state index contributed by atoms with van der Waals surface area (Å²) in [7, 11) is 0. The Morgan fingerprint density at radius 1 is 1.16 bits per heavy atom. The van der Waals surface area contributed by atoms with Gasteiger partial charge in [0.2, 0.25) is 0 Å². The van der Waals surface area contributed by atoms with E-state index < -0.39 is 0 Å². The molecule has 8 nitrogen and oxygen atoms in total. The van der Waals surface area contributed by atoms with Crippen molar-refractivity contribution < 1.29 is 18.7 Å². The minimum Gasteiger partial charge on any atom is -0.489 e. The molecule has 0 radical (unpaired) electrons. The molecule has 32 heavy (non-hydrogen) atoms.